The highest BCUT2D eigenvalue weighted by Crippen LogP contribution is 2.33. The molecule has 0 N–H and O–H groups in total. The van der Waals surface area contributed by atoms with Crippen molar-refractivity contribution < 1.29 is 14.3 Å². The highest BCUT2D eigenvalue weighted by Gasteiger charge is 2.30. The van der Waals surface area contributed by atoms with Gasteiger partial charge in [-0.3, -0.25) is 4.79 Å². The summed E-state index contributed by atoms with van der Waals surface area (Å²) in [5.41, 5.74) is 5.72. The number of ether oxygens (including phenoxy) is 1. The lowest BCUT2D eigenvalue weighted by Crippen LogP contribution is -2.23. The van der Waals surface area contributed by atoms with E-state index in [4.69, 9.17) is 0 Å². The van der Waals surface area contributed by atoms with Crippen LogP contribution < -0.4 is 4.90 Å². The van der Waals surface area contributed by atoms with Crippen LogP contribution in [0.2, 0.25) is 0 Å². The van der Waals surface area contributed by atoms with E-state index in [9.17, 15) is 9.59 Å². The molecular weight excluding hydrogens is 626 g/mol. The fourth-order valence-electron chi connectivity index (χ4n) is 3.68. The van der Waals surface area contributed by atoms with Crippen molar-refractivity contribution in [3.8, 4) is 0 Å². The summed E-state index contributed by atoms with van der Waals surface area (Å²) in [5.74, 6) is -0.247. The number of alkyl halides is 1. The van der Waals surface area contributed by atoms with E-state index in [1.165, 1.54) is 12.7 Å². The number of benzene rings is 3. The van der Waals surface area contributed by atoms with Crippen LogP contribution in [0.1, 0.15) is 58.2 Å². The van der Waals surface area contributed by atoms with Gasteiger partial charge in [0.25, 0.3) is 5.91 Å². The molecular formula is C27H26Br3NO3. The van der Waals surface area contributed by atoms with Gasteiger partial charge in [0, 0.05) is 20.0 Å². The molecule has 0 fully saturated rings. The number of carbonyl (C=O) groups excluding carboxylic acids is 2. The van der Waals surface area contributed by atoms with Crippen molar-refractivity contribution >= 4 is 65.4 Å². The number of amides is 1. The van der Waals surface area contributed by atoms with E-state index in [1.54, 1.807) is 0 Å². The third-order valence-electron chi connectivity index (χ3n) is 5.57. The molecule has 0 bridgehead atoms. The summed E-state index contributed by atoms with van der Waals surface area (Å²) < 4.78 is 6.30. The number of rotatable bonds is 3. The largest absolute Gasteiger partial charge is 0.465 e. The van der Waals surface area contributed by atoms with E-state index < -0.39 is 0 Å². The van der Waals surface area contributed by atoms with Gasteiger partial charge in [0.15, 0.2) is 0 Å². The number of methoxy groups -OCH3 is 1. The molecule has 0 atom stereocenters. The fourth-order valence-corrected chi connectivity index (χ4v) is 5.29. The zero-order valence-corrected chi connectivity index (χ0v) is 24.3. The fraction of sp³-hybridized carbons (Fsp3) is 0.259. The van der Waals surface area contributed by atoms with Gasteiger partial charge in [-0.05, 0) is 78.2 Å². The second-order valence-electron chi connectivity index (χ2n) is 8.86. The van der Waals surface area contributed by atoms with E-state index in [0.29, 0.717) is 17.4 Å². The summed E-state index contributed by atoms with van der Waals surface area (Å²) in [6.07, 6.45) is 0. The zero-order chi connectivity index (χ0) is 25.0. The lowest BCUT2D eigenvalue weighted by molar-refractivity contribution is 0.0598. The summed E-state index contributed by atoms with van der Waals surface area (Å²) in [6, 6.07) is 19.8. The number of halogens is 3. The number of fused-ring (bicyclic) bond motifs is 1. The van der Waals surface area contributed by atoms with Crippen LogP contribution in [0.25, 0.3) is 0 Å². The Morgan fingerprint density at radius 3 is 2.15 bits per heavy atom. The molecule has 1 amide bonds. The third-order valence-corrected chi connectivity index (χ3v) is 7.49. The van der Waals surface area contributed by atoms with E-state index >= 15 is 0 Å². The molecule has 1 aliphatic rings. The standard InChI is InChI=1S/C18H18BrNO.C9H8Br2O2/c1-18(2,3)13-7-9-14(10-8-13)20-11-12-5-4-6-15(19)16(12)17(20)21;1-13-9(12)8-6(5-10)3-2-4-7(8)11/h4-10H,11H2,1-3H3;2-4H,5H2,1H3. The Kier molecular flexibility index (Phi) is 8.77. The molecule has 0 aliphatic carbocycles. The van der Waals surface area contributed by atoms with Crippen LogP contribution in [0.5, 0.6) is 0 Å². The van der Waals surface area contributed by atoms with Gasteiger partial charge in [0.2, 0.25) is 0 Å². The van der Waals surface area contributed by atoms with Crippen molar-refractivity contribution in [1.82, 2.24) is 0 Å². The van der Waals surface area contributed by atoms with Crippen LogP contribution in [0.3, 0.4) is 0 Å². The molecule has 0 saturated heterocycles. The molecule has 0 saturated carbocycles. The van der Waals surface area contributed by atoms with E-state index in [1.807, 2.05) is 53.4 Å². The number of hydrogen-bond acceptors (Lipinski definition) is 3. The minimum Gasteiger partial charge on any atom is -0.465 e. The van der Waals surface area contributed by atoms with E-state index in [2.05, 4.69) is 85.4 Å². The predicted octanol–water partition coefficient (Wildman–Crippen LogP) is 8.04. The number of esters is 1. The molecule has 0 aromatic heterocycles. The van der Waals surface area contributed by atoms with Crippen LogP contribution >= 0.6 is 47.8 Å². The van der Waals surface area contributed by atoms with Crippen molar-refractivity contribution in [2.24, 2.45) is 0 Å². The number of carbonyl (C=O) groups is 2. The number of anilines is 1. The van der Waals surface area contributed by atoms with Crippen LogP contribution in [-0.2, 0) is 22.0 Å². The molecule has 1 heterocycles. The van der Waals surface area contributed by atoms with Crippen molar-refractivity contribution in [3.05, 3.63) is 97.4 Å². The first-order chi connectivity index (χ1) is 16.1. The van der Waals surface area contributed by atoms with Gasteiger partial charge in [-0.25, -0.2) is 4.79 Å². The van der Waals surface area contributed by atoms with Crippen molar-refractivity contribution in [1.29, 1.82) is 0 Å². The minimum absolute atomic E-state index is 0.0704. The molecule has 4 rings (SSSR count). The molecule has 0 unspecified atom stereocenters. The van der Waals surface area contributed by atoms with Crippen LogP contribution in [0.15, 0.2) is 69.6 Å². The SMILES string of the molecule is CC(C)(C)c1ccc(N2Cc3cccc(Br)c3C2=O)cc1.COC(=O)c1c(Br)cccc1CBr. The van der Waals surface area contributed by atoms with Crippen LogP contribution in [0.4, 0.5) is 5.69 Å². The summed E-state index contributed by atoms with van der Waals surface area (Å²) >= 11 is 10.1. The molecule has 0 radical (unpaired) electrons. The number of nitrogens with zero attached hydrogens (tertiary/aromatic N) is 1. The summed E-state index contributed by atoms with van der Waals surface area (Å²) in [4.78, 5) is 25.8. The minimum atomic E-state index is -0.318. The van der Waals surface area contributed by atoms with Gasteiger partial charge in [-0.1, -0.05) is 73.1 Å². The van der Waals surface area contributed by atoms with Crippen molar-refractivity contribution in [2.75, 3.05) is 12.0 Å². The molecule has 4 nitrogen and oxygen atoms in total. The smallest absolute Gasteiger partial charge is 0.339 e. The third kappa shape index (κ3) is 5.81. The first-order valence-electron chi connectivity index (χ1n) is 10.7. The Morgan fingerprint density at radius 2 is 1.59 bits per heavy atom. The van der Waals surface area contributed by atoms with Gasteiger partial charge in [0.05, 0.1) is 24.8 Å². The van der Waals surface area contributed by atoms with Gasteiger partial charge < -0.3 is 9.64 Å². The lowest BCUT2D eigenvalue weighted by atomic mass is 9.87. The molecule has 0 spiro atoms. The second-order valence-corrected chi connectivity index (χ2v) is 11.1. The van der Waals surface area contributed by atoms with Gasteiger partial charge in [-0.2, -0.15) is 0 Å². The monoisotopic (exact) mass is 649 g/mol. The molecule has 3 aromatic rings. The molecule has 178 valence electrons. The maximum atomic E-state index is 12.6. The van der Waals surface area contributed by atoms with E-state index in [-0.39, 0.29) is 17.3 Å². The highest BCUT2D eigenvalue weighted by molar-refractivity contribution is 9.11. The van der Waals surface area contributed by atoms with Crippen LogP contribution in [0, 0.1) is 0 Å². The molecule has 34 heavy (non-hydrogen) atoms. The Balaban J connectivity index is 0.000000215. The Hall–Kier alpha value is -1.96. The summed E-state index contributed by atoms with van der Waals surface area (Å²) in [6.45, 7) is 7.21. The van der Waals surface area contributed by atoms with Crippen molar-refractivity contribution in [2.45, 2.75) is 38.1 Å². The quantitative estimate of drug-likeness (QED) is 0.213. The van der Waals surface area contributed by atoms with Crippen LogP contribution in [-0.4, -0.2) is 19.0 Å². The Morgan fingerprint density at radius 1 is 0.971 bits per heavy atom. The molecule has 7 heteroatoms. The van der Waals surface area contributed by atoms with E-state index in [0.717, 1.165) is 31.3 Å². The second kappa shape index (κ2) is 11.2. The van der Waals surface area contributed by atoms with Gasteiger partial charge in [0.1, 0.15) is 0 Å². The molecule has 3 aromatic carbocycles. The number of hydrogen-bond donors (Lipinski definition) is 0. The average Bonchev–Trinajstić information content (AvgIpc) is 3.16. The normalized spacial score (nSPS) is 12.7. The summed E-state index contributed by atoms with van der Waals surface area (Å²) in [5, 5.41) is 0.636. The first kappa shape index (κ1) is 26.6. The van der Waals surface area contributed by atoms with Gasteiger partial charge in [-0.15, -0.1) is 0 Å². The summed E-state index contributed by atoms with van der Waals surface area (Å²) in [7, 11) is 1.37. The average molecular weight is 652 g/mol. The van der Waals surface area contributed by atoms with Crippen molar-refractivity contribution in [3.63, 3.8) is 0 Å². The first-order valence-corrected chi connectivity index (χ1v) is 13.4. The molecule has 1 aliphatic heterocycles. The Labute approximate surface area is 226 Å². The maximum Gasteiger partial charge on any atom is 0.339 e. The Bertz CT molecular complexity index is 1200. The van der Waals surface area contributed by atoms with Gasteiger partial charge >= 0.3 is 5.97 Å². The topological polar surface area (TPSA) is 46.6 Å². The maximum absolute atomic E-state index is 12.6. The highest BCUT2D eigenvalue weighted by atomic mass is 79.9. The predicted molar refractivity (Wildman–Crippen MR) is 148 cm³/mol. The zero-order valence-electron chi connectivity index (χ0n) is 19.5. The lowest BCUT2D eigenvalue weighted by Gasteiger charge is -2.21.